The van der Waals surface area contributed by atoms with Crippen molar-refractivity contribution in [1.29, 1.82) is 0 Å². The zero-order chi connectivity index (χ0) is 10.2. The van der Waals surface area contributed by atoms with Crippen LogP contribution in [0.1, 0.15) is 52.4 Å². The van der Waals surface area contributed by atoms with Crippen LogP contribution in [0.15, 0.2) is 0 Å². The first-order valence-corrected chi connectivity index (χ1v) is 5.97. The second kappa shape index (κ2) is 6.90. The van der Waals surface area contributed by atoms with Gasteiger partial charge in [0, 0.05) is 19.0 Å². The monoisotopic (exact) mass is 193 g/mol. The topological polar surface area (TPSA) is 12.0 Å². The van der Waals surface area contributed by atoms with Crippen molar-refractivity contribution in [2.75, 3.05) is 6.54 Å². The zero-order valence-corrected chi connectivity index (χ0v) is 9.60. The number of rotatable bonds is 4. The fourth-order valence-electron chi connectivity index (χ4n) is 2.29. The summed E-state index contributed by atoms with van der Waals surface area (Å²) in [4.78, 5) is 0. The minimum atomic E-state index is 0.689. The van der Waals surface area contributed by atoms with Crippen LogP contribution in [0.25, 0.3) is 0 Å². The van der Waals surface area contributed by atoms with Crippen LogP contribution in [-0.4, -0.2) is 12.6 Å². The third-order valence-corrected chi connectivity index (χ3v) is 3.25. The molecule has 0 aromatic carbocycles. The minimum absolute atomic E-state index is 0.689. The quantitative estimate of drug-likeness (QED) is 0.534. The number of hydrogen-bond acceptors (Lipinski definition) is 1. The van der Waals surface area contributed by atoms with Gasteiger partial charge in [0.25, 0.3) is 0 Å². The predicted molar refractivity (Wildman–Crippen MR) is 62.1 cm³/mol. The van der Waals surface area contributed by atoms with E-state index >= 15 is 0 Å². The summed E-state index contributed by atoms with van der Waals surface area (Å²) in [7, 11) is 0. The molecule has 0 aromatic rings. The average molecular weight is 193 g/mol. The van der Waals surface area contributed by atoms with E-state index in [1.165, 1.54) is 32.1 Å². The molecule has 80 valence electrons. The van der Waals surface area contributed by atoms with Gasteiger partial charge in [0.2, 0.25) is 0 Å². The molecule has 0 bridgehead atoms. The van der Waals surface area contributed by atoms with Crippen LogP contribution in [0, 0.1) is 17.8 Å². The van der Waals surface area contributed by atoms with Gasteiger partial charge in [0.1, 0.15) is 0 Å². The lowest BCUT2D eigenvalue weighted by Crippen LogP contribution is -2.35. The summed E-state index contributed by atoms with van der Waals surface area (Å²) in [5.41, 5.74) is 0. The molecule has 1 aliphatic rings. The first-order valence-electron chi connectivity index (χ1n) is 5.97. The van der Waals surface area contributed by atoms with Crippen LogP contribution in [0.5, 0.6) is 0 Å². The van der Waals surface area contributed by atoms with Crippen molar-refractivity contribution in [3.05, 3.63) is 0 Å². The van der Waals surface area contributed by atoms with E-state index in [4.69, 9.17) is 0 Å². The standard InChI is InChI=1S/C13H23N/c1-3-4-8-11-14-12(2)13-9-6-5-7-10-13/h12-14H,5-11H2,1-2H3. The molecule has 1 fully saturated rings. The van der Waals surface area contributed by atoms with Gasteiger partial charge in [-0.15, -0.1) is 11.8 Å². The summed E-state index contributed by atoms with van der Waals surface area (Å²) < 4.78 is 0. The lowest BCUT2D eigenvalue weighted by atomic mass is 9.84. The molecule has 1 heteroatoms. The zero-order valence-electron chi connectivity index (χ0n) is 9.60. The molecule has 0 saturated heterocycles. The molecular formula is C13H23N. The average Bonchev–Trinajstić information content (AvgIpc) is 2.25. The molecule has 1 atom stereocenters. The highest BCUT2D eigenvalue weighted by atomic mass is 14.9. The Morgan fingerprint density at radius 3 is 2.64 bits per heavy atom. The highest BCUT2D eigenvalue weighted by Crippen LogP contribution is 2.26. The molecule has 0 amide bonds. The highest BCUT2D eigenvalue weighted by Gasteiger charge is 2.18. The van der Waals surface area contributed by atoms with Crippen LogP contribution >= 0.6 is 0 Å². The SMILES string of the molecule is CC#CCCNC(C)C1CCCCC1. The van der Waals surface area contributed by atoms with Crippen molar-refractivity contribution in [2.45, 2.75) is 58.4 Å². The summed E-state index contributed by atoms with van der Waals surface area (Å²) in [5.74, 6) is 6.94. The number of hydrogen-bond donors (Lipinski definition) is 1. The molecule has 1 N–H and O–H groups in total. The largest absolute Gasteiger partial charge is 0.313 e. The molecule has 1 aliphatic carbocycles. The fraction of sp³-hybridized carbons (Fsp3) is 0.846. The molecule has 0 heterocycles. The lowest BCUT2D eigenvalue weighted by Gasteiger charge is -2.28. The van der Waals surface area contributed by atoms with Crippen molar-refractivity contribution in [1.82, 2.24) is 5.32 Å². The van der Waals surface area contributed by atoms with E-state index in [0.29, 0.717) is 6.04 Å². The Bertz CT molecular complexity index is 193. The van der Waals surface area contributed by atoms with Gasteiger partial charge < -0.3 is 5.32 Å². The van der Waals surface area contributed by atoms with E-state index in [1.807, 2.05) is 6.92 Å². The van der Waals surface area contributed by atoms with Crippen LogP contribution in [0.3, 0.4) is 0 Å². The van der Waals surface area contributed by atoms with E-state index in [2.05, 4.69) is 24.1 Å². The van der Waals surface area contributed by atoms with Crippen LogP contribution in [0.4, 0.5) is 0 Å². The maximum Gasteiger partial charge on any atom is 0.0214 e. The second-order valence-corrected chi connectivity index (χ2v) is 4.32. The van der Waals surface area contributed by atoms with Crippen LogP contribution in [-0.2, 0) is 0 Å². The normalized spacial score (nSPS) is 19.9. The van der Waals surface area contributed by atoms with E-state index < -0.39 is 0 Å². The van der Waals surface area contributed by atoms with Crippen molar-refractivity contribution in [3.63, 3.8) is 0 Å². The maximum absolute atomic E-state index is 3.58. The van der Waals surface area contributed by atoms with Crippen molar-refractivity contribution in [3.8, 4) is 11.8 Å². The molecule has 0 spiro atoms. The first kappa shape index (κ1) is 11.6. The third-order valence-electron chi connectivity index (χ3n) is 3.25. The summed E-state index contributed by atoms with van der Waals surface area (Å²) in [5, 5.41) is 3.58. The molecule has 1 saturated carbocycles. The molecule has 0 aliphatic heterocycles. The molecule has 1 unspecified atom stereocenters. The first-order chi connectivity index (χ1) is 6.84. The molecule has 14 heavy (non-hydrogen) atoms. The Kier molecular flexibility index (Phi) is 5.71. The van der Waals surface area contributed by atoms with Crippen molar-refractivity contribution in [2.24, 2.45) is 5.92 Å². The molecule has 0 radical (unpaired) electrons. The third kappa shape index (κ3) is 4.15. The maximum atomic E-state index is 3.58. The summed E-state index contributed by atoms with van der Waals surface area (Å²) in [6.07, 6.45) is 8.16. The molecule has 1 rings (SSSR count). The van der Waals surface area contributed by atoms with E-state index in [9.17, 15) is 0 Å². The Morgan fingerprint density at radius 2 is 2.00 bits per heavy atom. The molecular weight excluding hydrogens is 170 g/mol. The Labute approximate surface area is 88.7 Å². The molecule has 1 nitrogen and oxygen atoms in total. The van der Waals surface area contributed by atoms with Gasteiger partial charge in [0.15, 0.2) is 0 Å². The molecule has 0 aromatic heterocycles. The minimum Gasteiger partial charge on any atom is -0.313 e. The smallest absolute Gasteiger partial charge is 0.0214 e. The highest BCUT2D eigenvalue weighted by molar-refractivity contribution is 4.95. The number of nitrogens with one attached hydrogen (secondary N) is 1. The summed E-state index contributed by atoms with van der Waals surface area (Å²) in [6.45, 7) is 5.29. The Balaban J connectivity index is 2.12. The lowest BCUT2D eigenvalue weighted by molar-refractivity contribution is 0.283. The van der Waals surface area contributed by atoms with Crippen molar-refractivity contribution >= 4 is 0 Å². The van der Waals surface area contributed by atoms with Gasteiger partial charge in [-0.25, -0.2) is 0 Å². The summed E-state index contributed by atoms with van der Waals surface area (Å²) in [6, 6.07) is 0.689. The van der Waals surface area contributed by atoms with Crippen LogP contribution < -0.4 is 5.32 Å². The Hall–Kier alpha value is -0.480. The van der Waals surface area contributed by atoms with E-state index in [0.717, 1.165) is 18.9 Å². The van der Waals surface area contributed by atoms with Crippen LogP contribution in [0.2, 0.25) is 0 Å². The van der Waals surface area contributed by atoms with E-state index in [1.54, 1.807) is 0 Å². The summed E-state index contributed by atoms with van der Waals surface area (Å²) >= 11 is 0. The fourth-order valence-corrected chi connectivity index (χ4v) is 2.29. The van der Waals surface area contributed by atoms with Gasteiger partial charge in [-0.2, -0.15) is 0 Å². The van der Waals surface area contributed by atoms with Gasteiger partial charge in [-0.05, 0) is 32.6 Å². The van der Waals surface area contributed by atoms with Gasteiger partial charge in [0.05, 0.1) is 0 Å². The van der Waals surface area contributed by atoms with E-state index in [-0.39, 0.29) is 0 Å². The Morgan fingerprint density at radius 1 is 1.29 bits per heavy atom. The second-order valence-electron chi connectivity index (χ2n) is 4.32. The van der Waals surface area contributed by atoms with Crippen molar-refractivity contribution < 1.29 is 0 Å². The predicted octanol–water partition coefficient (Wildman–Crippen LogP) is 2.96. The van der Waals surface area contributed by atoms with Gasteiger partial charge in [-0.3, -0.25) is 0 Å². The van der Waals surface area contributed by atoms with Gasteiger partial charge >= 0.3 is 0 Å². The van der Waals surface area contributed by atoms with Gasteiger partial charge in [-0.1, -0.05) is 19.3 Å².